The largest absolute Gasteiger partial charge is 0.479 e. The van der Waals surface area contributed by atoms with Crippen molar-refractivity contribution in [1.82, 2.24) is 0 Å². The van der Waals surface area contributed by atoms with Gasteiger partial charge >= 0.3 is 0 Å². The van der Waals surface area contributed by atoms with Gasteiger partial charge in [-0.05, 0) is 30.3 Å². The topological polar surface area (TPSA) is 107 Å². The quantitative estimate of drug-likeness (QED) is 0.344. The van der Waals surface area contributed by atoms with Gasteiger partial charge in [0, 0.05) is 17.2 Å². The van der Waals surface area contributed by atoms with Gasteiger partial charge in [-0.3, -0.25) is 24.5 Å². The van der Waals surface area contributed by atoms with Crippen LogP contribution in [0.15, 0.2) is 42.5 Å². The molecule has 9 heteroatoms. The average Bonchev–Trinajstić information content (AvgIpc) is 2.89. The van der Waals surface area contributed by atoms with Gasteiger partial charge in [-0.25, -0.2) is 4.90 Å². The Kier molecular flexibility index (Phi) is 4.68. The fourth-order valence-corrected chi connectivity index (χ4v) is 2.69. The Bertz CT molecular complexity index is 912. The van der Waals surface area contributed by atoms with E-state index in [0.717, 1.165) is 17.0 Å². The zero-order chi connectivity index (χ0) is 18.8. The predicted octanol–water partition coefficient (Wildman–Crippen LogP) is 2.77. The Morgan fingerprint density at radius 3 is 2.50 bits per heavy atom. The summed E-state index contributed by atoms with van der Waals surface area (Å²) >= 11 is 5.80. The molecule has 1 saturated heterocycles. The SMILES string of the molecule is O=Cc1cc([N+](=O)[O-])ccc1O[C@H]1CC(=O)N(c2ccc(Cl)cc2)C1=O. The minimum Gasteiger partial charge on any atom is -0.479 e. The molecular weight excluding hydrogens is 364 g/mol. The number of anilines is 1. The van der Waals surface area contributed by atoms with Gasteiger partial charge in [0.05, 0.1) is 22.6 Å². The van der Waals surface area contributed by atoms with Crippen molar-refractivity contribution in [3.05, 3.63) is 63.2 Å². The number of nitro benzene ring substituents is 1. The molecular formula is C17H11ClN2O6. The highest BCUT2D eigenvalue weighted by atomic mass is 35.5. The summed E-state index contributed by atoms with van der Waals surface area (Å²) in [5.74, 6) is -1.06. The summed E-state index contributed by atoms with van der Waals surface area (Å²) in [6.07, 6.45) is -0.949. The van der Waals surface area contributed by atoms with Gasteiger partial charge in [0.1, 0.15) is 5.75 Å². The van der Waals surface area contributed by atoms with Crippen LogP contribution in [0.1, 0.15) is 16.8 Å². The number of nitro groups is 1. The molecule has 1 atom stereocenters. The highest BCUT2D eigenvalue weighted by Gasteiger charge is 2.41. The van der Waals surface area contributed by atoms with Crippen LogP contribution < -0.4 is 9.64 Å². The summed E-state index contributed by atoms with van der Waals surface area (Å²) < 4.78 is 5.50. The maximum Gasteiger partial charge on any atom is 0.275 e. The van der Waals surface area contributed by atoms with Gasteiger partial charge in [0.15, 0.2) is 12.4 Å². The Morgan fingerprint density at radius 2 is 1.88 bits per heavy atom. The molecule has 1 heterocycles. The molecule has 0 radical (unpaired) electrons. The van der Waals surface area contributed by atoms with E-state index in [2.05, 4.69) is 0 Å². The molecule has 8 nitrogen and oxygen atoms in total. The Morgan fingerprint density at radius 1 is 1.19 bits per heavy atom. The molecule has 0 bridgehead atoms. The fraction of sp³-hybridized carbons (Fsp3) is 0.118. The molecule has 1 aliphatic heterocycles. The number of halogens is 1. The van der Waals surface area contributed by atoms with Crippen molar-refractivity contribution < 1.29 is 24.0 Å². The van der Waals surface area contributed by atoms with E-state index in [1.165, 1.54) is 18.2 Å². The van der Waals surface area contributed by atoms with E-state index >= 15 is 0 Å². The first kappa shape index (κ1) is 17.6. The molecule has 1 fully saturated rings. The Balaban J connectivity index is 1.84. The molecule has 0 aliphatic carbocycles. The van der Waals surface area contributed by atoms with Gasteiger partial charge in [-0.2, -0.15) is 0 Å². The van der Waals surface area contributed by atoms with Crippen molar-refractivity contribution in [3.8, 4) is 5.75 Å². The Hall–Kier alpha value is -3.26. The zero-order valence-corrected chi connectivity index (χ0v) is 13.9. The zero-order valence-electron chi connectivity index (χ0n) is 13.1. The third-order valence-corrected chi connectivity index (χ3v) is 4.04. The minimum atomic E-state index is -1.13. The van der Waals surface area contributed by atoms with Crippen molar-refractivity contribution in [2.24, 2.45) is 0 Å². The number of aldehydes is 1. The third kappa shape index (κ3) is 3.27. The van der Waals surface area contributed by atoms with E-state index in [1.54, 1.807) is 12.1 Å². The monoisotopic (exact) mass is 374 g/mol. The van der Waals surface area contributed by atoms with Gasteiger partial charge < -0.3 is 4.74 Å². The number of rotatable bonds is 5. The average molecular weight is 375 g/mol. The lowest BCUT2D eigenvalue weighted by Crippen LogP contribution is -2.34. The van der Waals surface area contributed by atoms with Gasteiger partial charge in [-0.15, -0.1) is 0 Å². The standard InChI is InChI=1S/C17H11ClN2O6/c18-11-1-3-12(4-2-11)19-16(22)8-15(17(19)23)26-14-6-5-13(20(24)25)7-10(14)9-21/h1-7,9,15H,8H2/t15-/m0/s1. The van der Waals surface area contributed by atoms with Crippen molar-refractivity contribution in [2.45, 2.75) is 12.5 Å². The fourth-order valence-electron chi connectivity index (χ4n) is 2.56. The summed E-state index contributed by atoms with van der Waals surface area (Å²) in [6, 6.07) is 9.58. The molecule has 0 saturated carbocycles. The molecule has 132 valence electrons. The van der Waals surface area contributed by atoms with Crippen LogP contribution >= 0.6 is 11.6 Å². The number of amides is 2. The number of imide groups is 1. The number of nitrogens with zero attached hydrogens (tertiary/aromatic N) is 2. The van der Waals surface area contributed by atoms with Gasteiger partial charge in [0.2, 0.25) is 5.91 Å². The van der Waals surface area contributed by atoms with E-state index in [0.29, 0.717) is 17.0 Å². The maximum absolute atomic E-state index is 12.5. The number of ether oxygens (including phenoxy) is 1. The van der Waals surface area contributed by atoms with E-state index in [4.69, 9.17) is 16.3 Å². The van der Waals surface area contributed by atoms with E-state index in [1.807, 2.05) is 0 Å². The first-order chi connectivity index (χ1) is 12.4. The van der Waals surface area contributed by atoms with Gasteiger partial charge in [-0.1, -0.05) is 11.6 Å². The number of carbonyl (C=O) groups is 3. The molecule has 0 aromatic heterocycles. The summed E-state index contributed by atoms with van der Waals surface area (Å²) in [6.45, 7) is 0. The minimum absolute atomic E-state index is 0.00490. The lowest BCUT2D eigenvalue weighted by molar-refractivity contribution is -0.384. The number of carbonyl (C=O) groups excluding carboxylic acids is 3. The molecule has 1 aliphatic rings. The maximum atomic E-state index is 12.5. The van der Waals surface area contributed by atoms with Gasteiger partial charge in [0.25, 0.3) is 11.6 Å². The lowest BCUT2D eigenvalue weighted by Gasteiger charge is -2.16. The van der Waals surface area contributed by atoms with Crippen molar-refractivity contribution in [2.75, 3.05) is 4.90 Å². The highest BCUT2D eigenvalue weighted by molar-refractivity contribution is 6.30. The molecule has 2 aromatic carbocycles. The molecule has 26 heavy (non-hydrogen) atoms. The Labute approximate surface area is 152 Å². The second-order valence-corrected chi connectivity index (χ2v) is 5.89. The van der Waals surface area contributed by atoms with E-state index < -0.39 is 22.8 Å². The first-order valence-corrected chi connectivity index (χ1v) is 7.81. The molecule has 2 amide bonds. The van der Waals surface area contributed by atoms with E-state index in [-0.39, 0.29) is 23.4 Å². The van der Waals surface area contributed by atoms with Crippen LogP contribution in [-0.2, 0) is 9.59 Å². The number of benzene rings is 2. The highest BCUT2D eigenvalue weighted by Crippen LogP contribution is 2.29. The van der Waals surface area contributed by atoms with Crippen molar-refractivity contribution in [1.29, 1.82) is 0 Å². The van der Waals surface area contributed by atoms with Crippen LogP contribution in [0.5, 0.6) is 5.75 Å². The summed E-state index contributed by atoms with van der Waals surface area (Å²) in [4.78, 5) is 47.0. The number of hydrogen-bond acceptors (Lipinski definition) is 6. The van der Waals surface area contributed by atoms with Crippen molar-refractivity contribution in [3.63, 3.8) is 0 Å². The normalized spacial score (nSPS) is 16.7. The second-order valence-electron chi connectivity index (χ2n) is 5.45. The lowest BCUT2D eigenvalue weighted by atomic mass is 10.2. The number of hydrogen-bond donors (Lipinski definition) is 0. The summed E-state index contributed by atoms with van der Waals surface area (Å²) in [5.41, 5.74) is -0.00438. The van der Waals surface area contributed by atoms with Crippen LogP contribution in [0, 0.1) is 10.1 Å². The van der Waals surface area contributed by atoms with Crippen LogP contribution in [0.2, 0.25) is 5.02 Å². The molecule has 0 unspecified atom stereocenters. The second kappa shape index (κ2) is 6.93. The van der Waals surface area contributed by atoms with Crippen molar-refractivity contribution >= 4 is 41.1 Å². The number of non-ortho nitro benzene ring substituents is 1. The van der Waals surface area contributed by atoms with Crippen LogP contribution in [0.4, 0.5) is 11.4 Å². The van der Waals surface area contributed by atoms with Crippen LogP contribution in [0.25, 0.3) is 0 Å². The summed E-state index contributed by atoms with van der Waals surface area (Å²) in [7, 11) is 0. The smallest absolute Gasteiger partial charge is 0.275 e. The van der Waals surface area contributed by atoms with Crippen LogP contribution in [-0.4, -0.2) is 29.1 Å². The molecule has 3 rings (SSSR count). The summed E-state index contributed by atoms with van der Waals surface area (Å²) in [5, 5.41) is 11.2. The first-order valence-electron chi connectivity index (χ1n) is 7.43. The third-order valence-electron chi connectivity index (χ3n) is 3.79. The van der Waals surface area contributed by atoms with E-state index in [9.17, 15) is 24.5 Å². The molecule has 0 N–H and O–H groups in total. The predicted molar refractivity (Wildman–Crippen MR) is 91.5 cm³/mol. The molecule has 2 aromatic rings. The molecule has 0 spiro atoms. The van der Waals surface area contributed by atoms with Crippen LogP contribution in [0.3, 0.4) is 0 Å².